The predicted octanol–water partition coefficient (Wildman–Crippen LogP) is -4.35. The third-order valence-electron chi connectivity index (χ3n) is 22.4. The first-order valence-electron chi connectivity index (χ1n) is 29.7. The summed E-state index contributed by atoms with van der Waals surface area (Å²) in [6, 6.07) is 0. The molecule has 4 saturated carbocycles. The summed E-state index contributed by atoms with van der Waals surface area (Å²) < 4.78 is 58.7. The minimum absolute atomic E-state index is 0.103. The average molecular weight is 1210 g/mol. The highest BCUT2D eigenvalue weighted by Crippen LogP contribution is 2.76. The summed E-state index contributed by atoms with van der Waals surface area (Å²) in [6.45, 7) is 10.2. The monoisotopic (exact) mass is 1210 g/mol. The quantitative estimate of drug-likeness (QED) is 0.0471. The second-order valence-corrected chi connectivity index (χ2v) is 28.0. The Bertz CT molecular complexity index is 2370. The number of hydrogen-bond donors (Lipinski definition) is 16. The number of rotatable bonds is 13. The molecule has 0 aromatic heterocycles. The van der Waals surface area contributed by atoms with Gasteiger partial charge in [-0.3, -0.25) is 4.79 Å². The lowest BCUT2D eigenvalue weighted by atomic mass is 9.33. The molecule has 32 atom stereocenters. The highest BCUT2D eigenvalue weighted by molar-refractivity contribution is 5.79. The standard InChI is InChI=1S/C57H92O27/c1-23-39(80-45-38(71)40(29(64)19-75-45)81-49-43(72)57(74,21-60)22-77-49)35(68)37(70)46(78-23)82-41-32(65)28(63)18-76-48(41)84-50(73)56-12-10-51(2,3)14-25(56)24-8-9-31-52(4)15-27(62)44(83-47-36(69)34(67)33(66)30(17-58)79-47)53(5,20-59)42(52)26(61)16-55(31,7)54(24,6)11-13-56/h8,23,25-49,58-72,74H,9-22H2,1-7H3. The third-order valence-corrected chi connectivity index (χ3v) is 22.4. The maximum Gasteiger partial charge on any atom is 0.315 e. The lowest BCUT2D eigenvalue weighted by Crippen LogP contribution is -2.72. The number of aliphatic hydroxyl groups is 16. The molecule has 16 N–H and O–H groups in total. The Hall–Kier alpha value is -1.79. The minimum atomic E-state index is -2.07. The van der Waals surface area contributed by atoms with Gasteiger partial charge in [-0.25, -0.2) is 0 Å². The molecule has 10 rings (SSSR count). The van der Waals surface area contributed by atoms with Crippen molar-refractivity contribution in [2.45, 2.75) is 247 Å². The van der Waals surface area contributed by atoms with E-state index in [-0.39, 0.29) is 24.2 Å². The topological polar surface area (TPSA) is 433 Å². The first kappa shape index (κ1) is 65.2. The molecule has 5 aliphatic heterocycles. The number of esters is 1. The van der Waals surface area contributed by atoms with Crippen molar-refractivity contribution < 1.29 is 134 Å². The molecule has 0 aromatic carbocycles. The lowest BCUT2D eigenvalue weighted by Gasteiger charge is -2.72. The van der Waals surface area contributed by atoms with Crippen molar-refractivity contribution in [3.05, 3.63) is 11.6 Å². The van der Waals surface area contributed by atoms with E-state index in [1.54, 1.807) is 6.92 Å². The molecule has 9 fully saturated rings. The van der Waals surface area contributed by atoms with E-state index in [0.717, 1.165) is 5.57 Å². The van der Waals surface area contributed by atoms with Gasteiger partial charge in [-0.2, -0.15) is 0 Å². The Labute approximate surface area is 486 Å². The van der Waals surface area contributed by atoms with Crippen molar-refractivity contribution in [1.29, 1.82) is 0 Å². The number of allylic oxidation sites excluding steroid dienone is 2. The molecular weight excluding hydrogens is 1120 g/mol. The van der Waals surface area contributed by atoms with Gasteiger partial charge in [0.25, 0.3) is 0 Å². The maximum atomic E-state index is 15.4. The van der Waals surface area contributed by atoms with Gasteiger partial charge >= 0.3 is 5.97 Å². The van der Waals surface area contributed by atoms with E-state index < -0.39 is 231 Å². The van der Waals surface area contributed by atoms with Crippen molar-refractivity contribution in [3.63, 3.8) is 0 Å². The zero-order valence-electron chi connectivity index (χ0n) is 48.6. The van der Waals surface area contributed by atoms with Gasteiger partial charge in [-0.1, -0.05) is 53.2 Å². The van der Waals surface area contributed by atoms with Gasteiger partial charge in [-0.05, 0) is 91.8 Å². The zero-order chi connectivity index (χ0) is 61.3. The molecule has 10 aliphatic rings. The number of carbonyl (C=O) groups excluding carboxylic acids is 1. The largest absolute Gasteiger partial charge is 0.432 e. The van der Waals surface area contributed by atoms with Crippen LogP contribution in [-0.2, 0) is 52.2 Å². The molecule has 27 nitrogen and oxygen atoms in total. The van der Waals surface area contributed by atoms with Crippen molar-refractivity contribution in [2.24, 2.45) is 50.2 Å². The van der Waals surface area contributed by atoms with E-state index in [1.807, 2.05) is 6.92 Å². The molecule has 5 heterocycles. The molecular formula is C57H92O27. The average Bonchev–Trinajstić information content (AvgIpc) is 0.752. The molecule has 0 amide bonds. The van der Waals surface area contributed by atoms with E-state index in [2.05, 4.69) is 33.8 Å². The van der Waals surface area contributed by atoms with Crippen LogP contribution in [-0.4, -0.2) is 274 Å². The Kier molecular flexibility index (Phi) is 18.2. The molecule has 27 heteroatoms. The third kappa shape index (κ3) is 10.5. The van der Waals surface area contributed by atoms with E-state index in [1.165, 1.54) is 6.92 Å². The minimum Gasteiger partial charge on any atom is -0.432 e. The predicted molar refractivity (Wildman–Crippen MR) is 280 cm³/mol. The highest BCUT2D eigenvalue weighted by atomic mass is 16.8. The first-order chi connectivity index (χ1) is 39.3. The van der Waals surface area contributed by atoms with Gasteiger partial charge in [0.15, 0.2) is 31.3 Å². The molecule has 0 bridgehead atoms. The van der Waals surface area contributed by atoms with Gasteiger partial charge < -0.3 is 129 Å². The van der Waals surface area contributed by atoms with Crippen LogP contribution in [0.3, 0.4) is 0 Å². The van der Waals surface area contributed by atoms with Crippen molar-refractivity contribution >= 4 is 5.97 Å². The fourth-order valence-corrected chi connectivity index (χ4v) is 17.5. The van der Waals surface area contributed by atoms with E-state index in [0.29, 0.717) is 38.5 Å². The summed E-state index contributed by atoms with van der Waals surface area (Å²) in [5.74, 6) is -1.91. The van der Waals surface area contributed by atoms with Gasteiger partial charge in [-0.15, -0.1) is 0 Å². The smallest absolute Gasteiger partial charge is 0.315 e. The summed E-state index contributed by atoms with van der Waals surface area (Å²) in [5.41, 5.74) is -5.91. The molecule has 0 radical (unpaired) electrons. The Morgan fingerprint density at radius 1 is 0.595 bits per heavy atom. The van der Waals surface area contributed by atoms with Gasteiger partial charge in [0.2, 0.25) is 6.29 Å². The number of carbonyl (C=O) groups is 1. The Balaban J connectivity index is 0.854. The SMILES string of the molecule is CC1OC(OC2C(OC(=O)C34CCC(C)(C)CC3C3=CCC5C6(C)CC(O)C(OC7OC(CO)C(O)C(O)C7O)C(C)(CO)C6C(O)CC5(C)C3(C)CC4)OCC(O)C2O)C(O)C(O)C1OC1OCC(O)C(OC2OCC(O)(CO)C2O)C1O. The maximum absolute atomic E-state index is 15.4. The van der Waals surface area contributed by atoms with Crippen LogP contribution >= 0.6 is 0 Å². The van der Waals surface area contributed by atoms with Crippen LogP contribution in [0, 0.1) is 50.2 Å². The molecule has 84 heavy (non-hydrogen) atoms. The van der Waals surface area contributed by atoms with E-state index >= 15 is 4.79 Å². The van der Waals surface area contributed by atoms with Crippen LogP contribution < -0.4 is 0 Å². The van der Waals surface area contributed by atoms with Crippen LogP contribution in [0.5, 0.6) is 0 Å². The summed E-state index contributed by atoms with van der Waals surface area (Å²) in [7, 11) is 0. The fraction of sp³-hybridized carbons (Fsp3) is 0.947. The Morgan fingerprint density at radius 3 is 1.89 bits per heavy atom. The number of fused-ring (bicyclic) bond motifs is 7. The molecule has 5 aliphatic carbocycles. The van der Waals surface area contributed by atoms with Crippen molar-refractivity contribution in [1.82, 2.24) is 0 Å². The number of ether oxygens (including phenoxy) is 10. The fourth-order valence-electron chi connectivity index (χ4n) is 17.5. The number of aliphatic hydroxyl groups excluding tert-OH is 15. The van der Waals surface area contributed by atoms with Crippen LogP contribution in [0.4, 0.5) is 0 Å². The second-order valence-electron chi connectivity index (χ2n) is 28.0. The second kappa shape index (κ2) is 23.5. The zero-order valence-corrected chi connectivity index (χ0v) is 48.6. The van der Waals surface area contributed by atoms with E-state index in [4.69, 9.17) is 47.4 Å². The van der Waals surface area contributed by atoms with Crippen LogP contribution in [0.15, 0.2) is 11.6 Å². The summed E-state index contributed by atoms with van der Waals surface area (Å²) in [6.07, 6.45) is -30.9. The number of hydrogen-bond acceptors (Lipinski definition) is 27. The molecule has 32 unspecified atom stereocenters. The van der Waals surface area contributed by atoms with Crippen molar-refractivity contribution in [2.75, 3.05) is 39.6 Å². The first-order valence-corrected chi connectivity index (χ1v) is 29.7. The van der Waals surface area contributed by atoms with Gasteiger partial charge in [0.1, 0.15) is 85.0 Å². The summed E-state index contributed by atoms with van der Waals surface area (Å²) >= 11 is 0. The molecule has 482 valence electrons. The van der Waals surface area contributed by atoms with Crippen LogP contribution in [0.25, 0.3) is 0 Å². The van der Waals surface area contributed by atoms with Crippen LogP contribution in [0.1, 0.15) is 99.8 Å². The lowest BCUT2D eigenvalue weighted by molar-refractivity contribution is -0.372. The highest BCUT2D eigenvalue weighted by Gasteiger charge is 2.73. The summed E-state index contributed by atoms with van der Waals surface area (Å²) in [4.78, 5) is 15.4. The molecule has 0 spiro atoms. The summed E-state index contributed by atoms with van der Waals surface area (Å²) in [5, 5.41) is 176. The van der Waals surface area contributed by atoms with Crippen molar-refractivity contribution in [3.8, 4) is 0 Å². The van der Waals surface area contributed by atoms with E-state index in [9.17, 15) is 81.7 Å². The molecule has 5 saturated heterocycles. The Morgan fingerprint density at radius 2 is 1.23 bits per heavy atom. The normalized spacial score (nSPS) is 55.6. The molecule has 0 aromatic rings. The van der Waals surface area contributed by atoms with Gasteiger partial charge in [0.05, 0.1) is 69.5 Å². The van der Waals surface area contributed by atoms with Gasteiger partial charge in [0, 0.05) is 11.3 Å². The van der Waals surface area contributed by atoms with Crippen LogP contribution in [0.2, 0.25) is 0 Å².